The Hall–Kier alpha value is -3.62. The molecule has 5 atom stereocenters. The van der Waals surface area contributed by atoms with Gasteiger partial charge in [-0.25, -0.2) is 4.79 Å². The zero-order valence-corrected chi connectivity index (χ0v) is 30.2. The molecular weight excluding hydrogens is 687 g/mol. The van der Waals surface area contributed by atoms with Crippen LogP contribution < -0.4 is 15.7 Å². The number of carbonyl (C=O) groups excluding carboxylic acids is 2. The number of fused-ring (bicyclic) bond motifs is 5. The Morgan fingerprint density at radius 1 is 1.02 bits per heavy atom. The third kappa shape index (κ3) is 7.36. The summed E-state index contributed by atoms with van der Waals surface area (Å²) in [5.74, 6) is -0.886. The van der Waals surface area contributed by atoms with E-state index in [4.69, 9.17) is 9.47 Å². The maximum atomic E-state index is 13.7. The lowest BCUT2D eigenvalue weighted by Gasteiger charge is -2.48. The van der Waals surface area contributed by atoms with Crippen molar-refractivity contribution in [3.8, 4) is 5.75 Å². The second kappa shape index (κ2) is 15.2. The number of quaternary nitrogens is 1. The molecule has 3 aliphatic heterocycles. The summed E-state index contributed by atoms with van der Waals surface area (Å²) < 4.78 is 13.2. The largest absolute Gasteiger partial charge is 0.871 e. The number of aliphatic hydroxyl groups is 2. The number of piperidine rings is 1. The molecule has 0 spiro atoms. The fourth-order valence-corrected chi connectivity index (χ4v) is 10.00. The van der Waals surface area contributed by atoms with Crippen LogP contribution in [-0.2, 0) is 37.5 Å². The Kier molecular flexibility index (Phi) is 10.6. The molecule has 12 heteroatoms. The van der Waals surface area contributed by atoms with Gasteiger partial charge in [0.2, 0.25) is 12.0 Å². The van der Waals surface area contributed by atoms with Crippen LogP contribution in [-0.4, -0.2) is 84.2 Å². The molecule has 7 rings (SSSR count). The van der Waals surface area contributed by atoms with E-state index in [9.17, 15) is 24.9 Å². The first kappa shape index (κ1) is 35.8. The molecule has 2 aromatic carbocycles. The molecule has 0 aliphatic carbocycles. The molecule has 2 bridgehead atoms. The van der Waals surface area contributed by atoms with Gasteiger partial charge in [0.15, 0.2) is 0 Å². The Labute approximate surface area is 306 Å². The van der Waals surface area contributed by atoms with Crippen molar-refractivity contribution >= 4 is 40.7 Å². The monoisotopic (exact) mass is 731 g/mol. The smallest absolute Gasteiger partial charge is 0.349 e. The van der Waals surface area contributed by atoms with E-state index in [2.05, 4.69) is 41.9 Å². The van der Waals surface area contributed by atoms with Gasteiger partial charge >= 0.3 is 5.97 Å². The summed E-state index contributed by atoms with van der Waals surface area (Å²) in [7, 11) is 2.34. The summed E-state index contributed by atoms with van der Waals surface area (Å²) >= 11 is 2.72. The highest BCUT2D eigenvalue weighted by molar-refractivity contribution is 7.12. The van der Waals surface area contributed by atoms with Crippen LogP contribution in [0.1, 0.15) is 58.2 Å². The van der Waals surface area contributed by atoms with E-state index in [0.717, 1.165) is 56.1 Å². The van der Waals surface area contributed by atoms with Crippen molar-refractivity contribution in [3.05, 3.63) is 104 Å². The maximum Gasteiger partial charge on any atom is 0.349 e. The number of ether oxygens (including phenoxy) is 2. The number of aryl methyl sites for hydroxylation is 2. The zero-order chi connectivity index (χ0) is 35.6. The van der Waals surface area contributed by atoms with Crippen LogP contribution >= 0.6 is 22.7 Å². The van der Waals surface area contributed by atoms with Gasteiger partial charge < -0.3 is 39.9 Å². The van der Waals surface area contributed by atoms with Crippen LogP contribution in [0.15, 0.2) is 77.5 Å². The van der Waals surface area contributed by atoms with E-state index in [1.165, 1.54) is 45.9 Å². The van der Waals surface area contributed by atoms with Gasteiger partial charge in [0, 0.05) is 31.5 Å². The van der Waals surface area contributed by atoms with Gasteiger partial charge in [-0.1, -0.05) is 54.3 Å². The molecule has 4 N–H and O–H groups in total. The normalized spacial score (nSPS) is 25.6. The third-order valence-electron chi connectivity index (χ3n) is 11.0. The van der Waals surface area contributed by atoms with Gasteiger partial charge in [0.1, 0.15) is 30.4 Å². The third-order valence-corrected chi connectivity index (χ3v) is 13.0. The molecule has 3 aliphatic rings. The Balaban J connectivity index is 0.875. The predicted octanol–water partition coefficient (Wildman–Crippen LogP) is 4.25. The predicted molar refractivity (Wildman–Crippen MR) is 195 cm³/mol. The van der Waals surface area contributed by atoms with Crippen molar-refractivity contribution in [2.75, 3.05) is 32.0 Å². The molecule has 3 saturated heterocycles. The van der Waals surface area contributed by atoms with Gasteiger partial charge in [0.25, 0.3) is 0 Å². The Bertz CT molecular complexity index is 1750. The van der Waals surface area contributed by atoms with Crippen molar-refractivity contribution in [3.63, 3.8) is 0 Å². The van der Waals surface area contributed by atoms with E-state index >= 15 is 0 Å². The van der Waals surface area contributed by atoms with Crippen molar-refractivity contribution < 1.29 is 38.9 Å². The summed E-state index contributed by atoms with van der Waals surface area (Å²) in [5.41, 5.74) is 1.55. The number of amides is 1. The van der Waals surface area contributed by atoms with Crippen LogP contribution in [0.5, 0.6) is 5.75 Å². The molecule has 51 heavy (non-hydrogen) atoms. The standard InChI is InChI=1S/C39H45N3O7S2/c1-42(16-4-10-26-8-2-7-25(19-26)9-3-15-40-23-33(45)27-13-14-32(44)29(20-27)41-24-43)30-21-28(22-31(42)37-36(30)49-37)48-38(46)39(47,34-11-5-17-50-34)35-12-6-18-51-35/h2,5-8,11-14,17-20,24,28,30-31,33,36-37,40,45,47H,3-4,9-10,15-16,21-23H2,1H3,(H-,41,43,44)/t28?,30?,31?,33-,36?,37?,42?/m0/s1. The number of benzene rings is 2. The molecule has 10 nitrogen and oxygen atoms in total. The number of epoxide rings is 1. The summed E-state index contributed by atoms with van der Waals surface area (Å²) in [6.45, 7) is 2.11. The van der Waals surface area contributed by atoms with Crippen molar-refractivity contribution in [1.29, 1.82) is 0 Å². The fourth-order valence-electron chi connectivity index (χ4n) is 8.28. The SMILES string of the molecule is C[N+]1(CCCc2cccc(CCCNC[C@H](O)c3ccc([O-])c(NC=O)c3)c2)C2CC(OC(=O)C(O)(c3cccs3)c3cccs3)CC1C1OC12. The average Bonchev–Trinajstić information content (AvgIpc) is 3.41. The van der Waals surface area contributed by atoms with E-state index in [1.807, 2.05) is 22.9 Å². The number of carbonyl (C=O) groups is 2. The molecule has 4 unspecified atom stereocenters. The highest BCUT2D eigenvalue weighted by Crippen LogP contribution is 2.53. The molecule has 0 saturated carbocycles. The maximum absolute atomic E-state index is 13.7. The number of rotatable bonds is 17. The zero-order valence-electron chi connectivity index (χ0n) is 28.6. The highest BCUT2D eigenvalue weighted by atomic mass is 32.1. The Morgan fingerprint density at radius 3 is 2.31 bits per heavy atom. The Morgan fingerprint density at radius 2 is 1.69 bits per heavy atom. The minimum atomic E-state index is -1.79. The molecule has 5 heterocycles. The number of morpholine rings is 1. The molecule has 2 aromatic heterocycles. The number of hydrogen-bond acceptors (Lipinski definition) is 10. The topological polar surface area (TPSA) is 143 Å². The highest BCUT2D eigenvalue weighted by Gasteiger charge is 2.72. The lowest BCUT2D eigenvalue weighted by Crippen LogP contribution is -2.63. The van der Waals surface area contributed by atoms with Crippen LogP contribution in [0.3, 0.4) is 0 Å². The lowest BCUT2D eigenvalue weighted by atomic mass is 9.93. The van der Waals surface area contributed by atoms with E-state index in [-0.39, 0.29) is 41.8 Å². The first-order valence-electron chi connectivity index (χ1n) is 17.7. The van der Waals surface area contributed by atoms with Gasteiger partial charge in [-0.3, -0.25) is 4.79 Å². The van der Waals surface area contributed by atoms with Crippen LogP contribution in [0, 0.1) is 0 Å². The summed E-state index contributed by atoms with van der Waals surface area (Å²) in [6.07, 6.45) is 5.18. The fraction of sp³-hybridized carbons (Fsp3) is 0.436. The number of likely N-dealkylation sites (N-methyl/N-ethyl adjacent to an activating group) is 1. The molecule has 4 aromatic rings. The summed E-state index contributed by atoms with van der Waals surface area (Å²) in [4.78, 5) is 25.5. The average molecular weight is 732 g/mol. The number of esters is 1. The van der Waals surface area contributed by atoms with Gasteiger partial charge in [0.05, 0.1) is 29.5 Å². The molecule has 270 valence electrons. The molecule has 0 radical (unpaired) electrons. The molecular formula is C39H45N3O7S2. The minimum absolute atomic E-state index is 0.160. The van der Waals surface area contributed by atoms with Gasteiger partial charge in [-0.2, -0.15) is 0 Å². The first-order valence-corrected chi connectivity index (χ1v) is 19.5. The van der Waals surface area contributed by atoms with E-state index in [1.54, 1.807) is 18.2 Å². The van der Waals surface area contributed by atoms with Gasteiger partial charge in [-0.05, 0) is 71.5 Å². The van der Waals surface area contributed by atoms with Crippen molar-refractivity contribution in [1.82, 2.24) is 5.32 Å². The number of nitrogens with one attached hydrogen (secondary N) is 2. The van der Waals surface area contributed by atoms with Crippen LogP contribution in [0.2, 0.25) is 0 Å². The summed E-state index contributed by atoms with van der Waals surface area (Å²) in [5, 5.41) is 43.5. The van der Waals surface area contributed by atoms with Gasteiger partial charge in [-0.15, -0.1) is 22.7 Å². The lowest BCUT2D eigenvalue weighted by molar-refractivity contribution is -0.956. The quantitative estimate of drug-likeness (QED) is 0.0416. The number of anilines is 1. The number of nitrogens with zero attached hydrogens (tertiary/aromatic N) is 1. The van der Waals surface area contributed by atoms with E-state index < -0.39 is 17.7 Å². The summed E-state index contributed by atoms with van der Waals surface area (Å²) in [6, 6.07) is 21.0. The first-order chi connectivity index (χ1) is 24.7. The number of aliphatic hydroxyl groups excluding tert-OH is 1. The van der Waals surface area contributed by atoms with Crippen molar-refractivity contribution in [2.24, 2.45) is 0 Å². The van der Waals surface area contributed by atoms with Crippen LogP contribution in [0.25, 0.3) is 0 Å². The number of hydrogen-bond donors (Lipinski definition) is 4. The van der Waals surface area contributed by atoms with Crippen molar-refractivity contribution in [2.45, 2.75) is 80.6 Å². The second-order valence-electron chi connectivity index (χ2n) is 14.2. The number of thiophene rings is 2. The molecule has 3 fully saturated rings. The minimum Gasteiger partial charge on any atom is -0.871 e. The van der Waals surface area contributed by atoms with E-state index in [0.29, 0.717) is 28.3 Å². The second-order valence-corrected chi connectivity index (χ2v) is 16.1. The molecule has 1 amide bonds. The van der Waals surface area contributed by atoms with Crippen LogP contribution in [0.4, 0.5) is 5.69 Å².